The summed E-state index contributed by atoms with van der Waals surface area (Å²) in [5, 5.41) is 9.61. The first-order chi connectivity index (χ1) is 11.2. The van der Waals surface area contributed by atoms with E-state index in [1.54, 1.807) is 18.1 Å². The molecule has 0 spiro atoms. The lowest BCUT2D eigenvalue weighted by Crippen LogP contribution is -2.35. The highest BCUT2D eigenvalue weighted by atomic mass is 16.5. The van der Waals surface area contributed by atoms with E-state index in [1.807, 2.05) is 18.2 Å². The highest BCUT2D eigenvalue weighted by Crippen LogP contribution is 2.33. The van der Waals surface area contributed by atoms with Crippen molar-refractivity contribution in [2.45, 2.75) is 19.5 Å². The van der Waals surface area contributed by atoms with Crippen molar-refractivity contribution in [2.75, 3.05) is 13.2 Å². The van der Waals surface area contributed by atoms with Crippen molar-refractivity contribution in [2.24, 2.45) is 7.05 Å². The van der Waals surface area contributed by atoms with E-state index in [0.29, 0.717) is 31.3 Å². The Labute approximate surface area is 133 Å². The first-order valence-electron chi connectivity index (χ1n) is 7.46. The van der Waals surface area contributed by atoms with Crippen molar-refractivity contribution < 1.29 is 14.3 Å². The van der Waals surface area contributed by atoms with E-state index in [0.717, 1.165) is 17.7 Å². The van der Waals surface area contributed by atoms with Crippen LogP contribution in [-0.2, 0) is 20.1 Å². The SMILES string of the molecule is Cn1cnc(CNC(=O)NCc2cccc3c2OCCCO3)n1. The number of para-hydroxylation sites is 1. The summed E-state index contributed by atoms with van der Waals surface area (Å²) in [6.45, 7) is 1.89. The lowest BCUT2D eigenvalue weighted by Gasteiger charge is -2.13. The molecule has 1 aliphatic heterocycles. The summed E-state index contributed by atoms with van der Waals surface area (Å²) >= 11 is 0. The molecule has 1 aliphatic rings. The summed E-state index contributed by atoms with van der Waals surface area (Å²) < 4.78 is 12.9. The van der Waals surface area contributed by atoms with Crippen LogP contribution in [0.3, 0.4) is 0 Å². The van der Waals surface area contributed by atoms with E-state index in [4.69, 9.17) is 9.47 Å². The lowest BCUT2D eigenvalue weighted by atomic mass is 10.2. The van der Waals surface area contributed by atoms with Crippen LogP contribution in [0.4, 0.5) is 4.79 Å². The number of hydrogen-bond donors (Lipinski definition) is 2. The molecule has 0 saturated carbocycles. The van der Waals surface area contributed by atoms with Gasteiger partial charge in [0.15, 0.2) is 17.3 Å². The summed E-state index contributed by atoms with van der Waals surface area (Å²) in [5.41, 5.74) is 0.885. The zero-order chi connectivity index (χ0) is 16.1. The molecule has 2 amide bonds. The molecule has 0 unspecified atom stereocenters. The fourth-order valence-corrected chi connectivity index (χ4v) is 2.26. The summed E-state index contributed by atoms with van der Waals surface area (Å²) in [6.07, 6.45) is 2.44. The van der Waals surface area contributed by atoms with Crippen molar-refractivity contribution in [3.63, 3.8) is 0 Å². The minimum Gasteiger partial charge on any atom is -0.490 e. The van der Waals surface area contributed by atoms with Crippen LogP contribution in [0.1, 0.15) is 17.8 Å². The Morgan fingerprint density at radius 3 is 2.91 bits per heavy atom. The van der Waals surface area contributed by atoms with Gasteiger partial charge in [-0.15, -0.1) is 0 Å². The summed E-state index contributed by atoms with van der Waals surface area (Å²) in [5.74, 6) is 1.99. The molecular weight excluding hydrogens is 298 g/mol. The molecule has 0 bridgehead atoms. The summed E-state index contributed by atoms with van der Waals surface area (Å²) in [4.78, 5) is 15.9. The monoisotopic (exact) mass is 317 g/mol. The standard InChI is InChI=1S/C15H19N5O3/c1-20-10-18-13(19-20)9-17-15(21)16-8-11-4-2-5-12-14(11)23-7-3-6-22-12/h2,4-5,10H,3,6-9H2,1H3,(H2,16,17,21). The number of rotatable bonds is 4. The predicted molar refractivity (Wildman–Crippen MR) is 82.1 cm³/mol. The van der Waals surface area contributed by atoms with Gasteiger partial charge in [0, 0.05) is 25.6 Å². The largest absolute Gasteiger partial charge is 0.490 e. The first-order valence-corrected chi connectivity index (χ1v) is 7.46. The topological polar surface area (TPSA) is 90.3 Å². The average molecular weight is 317 g/mol. The normalized spacial score (nSPS) is 13.3. The smallest absolute Gasteiger partial charge is 0.315 e. The molecular formula is C15H19N5O3. The fraction of sp³-hybridized carbons (Fsp3) is 0.400. The molecule has 0 atom stereocenters. The molecule has 1 aromatic carbocycles. The van der Waals surface area contributed by atoms with Gasteiger partial charge in [0.25, 0.3) is 0 Å². The molecule has 2 aromatic rings. The second-order valence-corrected chi connectivity index (χ2v) is 5.17. The van der Waals surface area contributed by atoms with Crippen LogP contribution < -0.4 is 20.1 Å². The highest BCUT2D eigenvalue weighted by molar-refractivity contribution is 5.73. The van der Waals surface area contributed by atoms with Gasteiger partial charge in [-0.2, -0.15) is 5.10 Å². The third kappa shape index (κ3) is 3.91. The van der Waals surface area contributed by atoms with Crippen LogP contribution in [0.2, 0.25) is 0 Å². The van der Waals surface area contributed by atoms with Gasteiger partial charge in [0.2, 0.25) is 0 Å². The van der Waals surface area contributed by atoms with Crippen LogP contribution in [0, 0.1) is 0 Å². The number of carbonyl (C=O) groups is 1. The average Bonchev–Trinajstić information content (AvgIpc) is 2.82. The second kappa shape index (κ2) is 6.99. The molecule has 8 nitrogen and oxygen atoms in total. The van der Waals surface area contributed by atoms with E-state index in [-0.39, 0.29) is 12.6 Å². The van der Waals surface area contributed by atoms with E-state index < -0.39 is 0 Å². The van der Waals surface area contributed by atoms with Crippen LogP contribution in [-0.4, -0.2) is 34.0 Å². The Kier molecular flexibility index (Phi) is 4.60. The van der Waals surface area contributed by atoms with Gasteiger partial charge in [-0.05, 0) is 6.07 Å². The number of urea groups is 1. The molecule has 1 aromatic heterocycles. The molecule has 2 heterocycles. The number of nitrogens with zero attached hydrogens (tertiary/aromatic N) is 3. The number of benzene rings is 1. The lowest BCUT2D eigenvalue weighted by molar-refractivity contribution is 0.239. The number of aryl methyl sites for hydroxylation is 1. The first kappa shape index (κ1) is 15.1. The van der Waals surface area contributed by atoms with E-state index >= 15 is 0 Å². The van der Waals surface area contributed by atoms with E-state index in [1.165, 1.54) is 0 Å². The Balaban J connectivity index is 1.54. The molecule has 3 rings (SSSR count). The van der Waals surface area contributed by atoms with Crippen molar-refractivity contribution >= 4 is 6.03 Å². The number of amides is 2. The minimum atomic E-state index is -0.287. The molecule has 2 N–H and O–H groups in total. The van der Waals surface area contributed by atoms with Gasteiger partial charge in [-0.3, -0.25) is 4.68 Å². The number of hydrogen-bond acceptors (Lipinski definition) is 5. The number of aromatic nitrogens is 3. The van der Waals surface area contributed by atoms with Crippen LogP contribution in [0.5, 0.6) is 11.5 Å². The molecule has 0 saturated heterocycles. The Morgan fingerprint density at radius 2 is 2.09 bits per heavy atom. The maximum Gasteiger partial charge on any atom is 0.315 e. The number of nitrogens with one attached hydrogen (secondary N) is 2. The molecule has 0 aliphatic carbocycles. The van der Waals surface area contributed by atoms with Crippen molar-refractivity contribution in [3.05, 3.63) is 35.9 Å². The number of fused-ring (bicyclic) bond motifs is 1. The third-order valence-electron chi connectivity index (χ3n) is 3.35. The minimum absolute atomic E-state index is 0.277. The van der Waals surface area contributed by atoms with Gasteiger partial charge in [-0.25, -0.2) is 9.78 Å². The van der Waals surface area contributed by atoms with Gasteiger partial charge in [-0.1, -0.05) is 12.1 Å². The highest BCUT2D eigenvalue weighted by Gasteiger charge is 2.14. The van der Waals surface area contributed by atoms with Gasteiger partial charge in [0.05, 0.1) is 19.8 Å². The molecule has 23 heavy (non-hydrogen) atoms. The fourth-order valence-electron chi connectivity index (χ4n) is 2.26. The second-order valence-electron chi connectivity index (χ2n) is 5.17. The summed E-state index contributed by atoms with van der Waals surface area (Å²) in [7, 11) is 1.78. The van der Waals surface area contributed by atoms with Crippen LogP contribution >= 0.6 is 0 Å². The van der Waals surface area contributed by atoms with E-state index in [9.17, 15) is 4.79 Å². The van der Waals surface area contributed by atoms with Crippen molar-refractivity contribution in [3.8, 4) is 11.5 Å². The maximum atomic E-state index is 11.9. The van der Waals surface area contributed by atoms with Crippen molar-refractivity contribution in [1.82, 2.24) is 25.4 Å². The molecule has 0 radical (unpaired) electrons. The van der Waals surface area contributed by atoms with Crippen LogP contribution in [0.15, 0.2) is 24.5 Å². The quantitative estimate of drug-likeness (QED) is 0.877. The van der Waals surface area contributed by atoms with E-state index in [2.05, 4.69) is 20.7 Å². The van der Waals surface area contributed by atoms with Crippen molar-refractivity contribution in [1.29, 1.82) is 0 Å². The van der Waals surface area contributed by atoms with Gasteiger partial charge in [0.1, 0.15) is 6.33 Å². The van der Waals surface area contributed by atoms with Gasteiger partial charge >= 0.3 is 6.03 Å². The zero-order valence-electron chi connectivity index (χ0n) is 12.9. The zero-order valence-corrected chi connectivity index (χ0v) is 12.9. The third-order valence-corrected chi connectivity index (χ3v) is 3.35. The van der Waals surface area contributed by atoms with Crippen LogP contribution in [0.25, 0.3) is 0 Å². The molecule has 8 heteroatoms. The molecule has 0 fully saturated rings. The Morgan fingerprint density at radius 1 is 1.26 bits per heavy atom. The Hall–Kier alpha value is -2.77. The van der Waals surface area contributed by atoms with Gasteiger partial charge < -0.3 is 20.1 Å². The molecule has 122 valence electrons. The summed E-state index contributed by atoms with van der Waals surface area (Å²) in [6, 6.07) is 5.38. The predicted octanol–water partition coefficient (Wildman–Crippen LogP) is 0.976. The number of ether oxygens (including phenoxy) is 2. The number of carbonyl (C=O) groups excluding carboxylic acids is 1. The maximum absolute atomic E-state index is 11.9. The Bertz CT molecular complexity index is 686.